The minimum Gasteiger partial charge on any atom is -0.486 e. The van der Waals surface area contributed by atoms with Crippen LogP contribution in [-0.2, 0) is 0 Å². The molecule has 1 aliphatic rings. The van der Waals surface area contributed by atoms with E-state index in [2.05, 4.69) is 15.5 Å². The molecule has 4 aromatic rings. The first-order chi connectivity index (χ1) is 14.2. The molecule has 8 heteroatoms. The second kappa shape index (κ2) is 6.97. The van der Waals surface area contributed by atoms with Crippen molar-refractivity contribution in [3.05, 3.63) is 60.0 Å². The summed E-state index contributed by atoms with van der Waals surface area (Å²) in [5.41, 5.74) is 1.79. The molecule has 5 rings (SSSR count). The van der Waals surface area contributed by atoms with Crippen LogP contribution in [0.5, 0.6) is 11.5 Å². The molecule has 1 aliphatic heterocycles. The van der Waals surface area contributed by atoms with Crippen molar-refractivity contribution in [1.82, 2.24) is 15.5 Å². The predicted molar refractivity (Wildman–Crippen MR) is 103 cm³/mol. The lowest BCUT2D eigenvalue weighted by atomic mass is 10.1. The van der Waals surface area contributed by atoms with E-state index in [-0.39, 0.29) is 24.3 Å². The number of carbonyl (C=O) groups excluding carboxylic acids is 1. The number of amides is 1. The lowest BCUT2D eigenvalue weighted by molar-refractivity contribution is 0.0790. The third-order valence-electron chi connectivity index (χ3n) is 4.69. The maximum Gasteiger partial charge on any atom is 0.259 e. The zero-order valence-corrected chi connectivity index (χ0v) is 15.5. The van der Waals surface area contributed by atoms with E-state index < -0.39 is 0 Å². The van der Waals surface area contributed by atoms with Gasteiger partial charge >= 0.3 is 0 Å². The molecule has 0 radical (unpaired) electrons. The van der Waals surface area contributed by atoms with Gasteiger partial charge in [0.2, 0.25) is 0 Å². The van der Waals surface area contributed by atoms with Gasteiger partial charge < -0.3 is 23.7 Å². The molecule has 8 nitrogen and oxygen atoms in total. The topological polar surface area (TPSA) is 99.6 Å². The normalized spacial score (nSPS) is 15.4. The maximum atomic E-state index is 13.0. The largest absolute Gasteiger partial charge is 0.486 e. The molecule has 146 valence electrons. The smallest absolute Gasteiger partial charge is 0.259 e. The molecular weight excluding hydrogens is 374 g/mol. The number of aromatic nitrogens is 2. The average Bonchev–Trinajstić information content (AvgIpc) is 3.42. The molecule has 1 atom stereocenters. The minimum absolute atomic E-state index is 0.279. The van der Waals surface area contributed by atoms with Crippen LogP contribution in [0.1, 0.15) is 16.1 Å². The van der Waals surface area contributed by atoms with Gasteiger partial charge in [0, 0.05) is 0 Å². The number of aryl methyl sites for hydroxylation is 1. The summed E-state index contributed by atoms with van der Waals surface area (Å²) in [5, 5.41) is 7.43. The molecule has 1 N–H and O–H groups in total. The van der Waals surface area contributed by atoms with Gasteiger partial charge in [-0.05, 0) is 37.3 Å². The van der Waals surface area contributed by atoms with Gasteiger partial charge in [0.1, 0.15) is 18.4 Å². The van der Waals surface area contributed by atoms with Gasteiger partial charge in [-0.2, -0.15) is 0 Å². The summed E-state index contributed by atoms with van der Waals surface area (Å²) in [6.45, 7) is 2.41. The van der Waals surface area contributed by atoms with Crippen molar-refractivity contribution in [3.63, 3.8) is 0 Å². The Morgan fingerprint density at radius 1 is 1.21 bits per heavy atom. The van der Waals surface area contributed by atoms with Crippen LogP contribution >= 0.6 is 0 Å². The fourth-order valence-electron chi connectivity index (χ4n) is 3.29. The summed E-state index contributed by atoms with van der Waals surface area (Å²) in [4.78, 5) is 17.4. The second-order valence-corrected chi connectivity index (χ2v) is 6.69. The second-order valence-electron chi connectivity index (χ2n) is 6.69. The monoisotopic (exact) mass is 391 g/mol. The molecule has 4 heterocycles. The van der Waals surface area contributed by atoms with Gasteiger partial charge in [-0.15, -0.1) is 0 Å². The lowest BCUT2D eigenvalue weighted by Gasteiger charge is -2.26. The number of hydrogen-bond donors (Lipinski definition) is 1. The molecule has 0 fully saturated rings. The molecule has 3 aromatic heterocycles. The quantitative estimate of drug-likeness (QED) is 0.569. The van der Waals surface area contributed by atoms with Gasteiger partial charge in [-0.25, -0.2) is 4.98 Å². The zero-order valence-electron chi connectivity index (χ0n) is 15.5. The molecule has 29 heavy (non-hydrogen) atoms. The lowest BCUT2D eigenvalue weighted by Crippen LogP contribution is -2.40. The number of pyridine rings is 1. The Hall–Kier alpha value is -3.81. The number of carbonyl (C=O) groups is 1. The predicted octanol–water partition coefficient (Wildman–Crippen LogP) is 3.36. The zero-order chi connectivity index (χ0) is 19.8. The van der Waals surface area contributed by atoms with E-state index in [9.17, 15) is 4.79 Å². The molecule has 0 aliphatic carbocycles. The highest BCUT2D eigenvalue weighted by Gasteiger charge is 2.24. The standard InChI is InChI=1S/C21H17N3O5/c1-12-19-14(9-15(16-7-4-8-26-16)23-21(19)29-24-12)20(25)22-10-13-11-27-17-5-2-3-6-18(17)28-13/h2-9,13H,10-11H2,1H3,(H,22,25)/t13-/m1/s1. The first-order valence-corrected chi connectivity index (χ1v) is 9.16. The Kier molecular flexibility index (Phi) is 4.16. The fourth-order valence-corrected chi connectivity index (χ4v) is 3.29. The van der Waals surface area contributed by atoms with Crippen LogP contribution in [0, 0.1) is 6.92 Å². The summed E-state index contributed by atoms with van der Waals surface area (Å²) in [7, 11) is 0. The molecule has 0 saturated carbocycles. The Morgan fingerprint density at radius 3 is 2.90 bits per heavy atom. The SMILES string of the molecule is Cc1noc2nc(-c3ccco3)cc(C(=O)NC[C@@H]3COc4ccccc4O3)c12. The first-order valence-electron chi connectivity index (χ1n) is 9.16. The van der Waals surface area contributed by atoms with Crippen LogP contribution in [0.15, 0.2) is 57.7 Å². The third kappa shape index (κ3) is 3.18. The molecule has 0 unspecified atom stereocenters. The number of nitrogens with one attached hydrogen (secondary N) is 1. The Bertz CT molecular complexity index is 1180. The third-order valence-corrected chi connectivity index (χ3v) is 4.69. The van der Waals surface area contributed by atoms with Crippen LogP contribution in [-0.4, -0.2) is 35.3 Å². The first kappa shape index (κ1) is 17.3. The number of ether oxygens (including phenoxy) is 2. The minimum atomic E-state index is -0.292. The summed E-state index contributed by atoms with van der Waals surface area (Å²) < 4.78 is 22.3. The molecular formula is C21H17N3O5. The Balaban J connectivity index is 1.39. The summed E-state index contributed by atoms with van der Waals surface area (Å²) in [5.74, 6) is 1.63. The van der Waals surface area contributed by atoms with E-state index in [1.807, 2.05) is 24.3 Å². The molecule has 1 aromatic carbocycles. The number of fused-ring (bicyclic) bond motifs is 2. The number of benzene rings is 1. The fraction of sp³-hybridized carbons (Fsp3) is 0.190. The van der Waals surface area contributed by atoms with Gasteiger partial charge in [0.25, 0.3) is 11.6 Å². The van der Waals surface area contributed by atoms with Crippen molar-refractivity contribution < 1.29 is 23.2 Å². The number of nitrogens with zero attached hydrogens (tertiary/aromatic N) is 2. The number of furan rings is 1. The van der Waals surface area contributed by atoms with Gasteiger partial charge in [0.15, 0.2) is 17.3 Å². The molecule has 1 amide bonds. The maximum absolute atomic E-state index is 13.0. The van der Waals surface area contributed by atoms with Gasteiger partial charge in [-0.3, -0.25) is 4.79 Å². The molecule has 0 spiro atoms. The highest BCUT2D eigenvalue weighted by molar-refractivity contribution is 6.06. The average molecular weight is 391 g/mol. The summed E-state index contributed by atoms with van der Waals surface area (Å²) in [6.07, 6.45) is 1.25. The van der Waals surface area contributed by atoms with E-state index in [4.69, 9.17) is 18.4 Å². The van der Waals surface area contributed by atoms with Crippen LogP contribution in [0.2, 0.25) is 0 Å². The van der Waals surface area contributed by atoms with Gasteiger partial charge in [0.05, 0.1) is 29.5 Å². The van der Waals surface area contributed by atoms with Gasteiger partial charge in [-0.1, -0.05) is 17.3 Å². The van der Waals surface area contributed by atoms with Crippen molar-refractivity contribution in [2.75, 3.05) is 13.2 Å². The number of hydrogen-bond acceptors (Lipinski definition) is 7. The van der Waals surface area contributed by atoms with Crippen molar-refractivity contribution in [1.29, 1.82) is 0 Å². The van der Waals surface area contributed by atoms with E-state index in [0.29, 0.717) is 46.2 Å². The van der Waals surface area contributed by atoms with Crippen LogP contribution in [0.4, 0.5) is 0 Å². The highest BCUT2D eigenvalue weighted by atomic mass is 16.6. The van der Waals surface area contributed by atoms with Crippen molar-refractivity contribution in [2.45, 2.75) is 13.0 Å². The van der Waals surface area contributed by atoms with E-state index in [1.165, 1.54) is 0 Å². The number of rotatable bonds is 4. The van der Waals surface area contributed by atoms with Crippen molar-refractivity contribution in [2.24, 2.45) is 0 Å². The van der Waals surface area contributed by atoms with Crippen LogP contribution < -0.4 is 14.8 Å². The molecule has 0 saturated heterocycles. The Labute approximate surface area is 165 Å². The summed E-state index contributed by atoms with van der Waals surface area (Å²) >= 11 is 0. The van der Waals surface area contributed by atoms with E-state index in [0.717, 1.165) is 0 Å². The van der Waals surface area contributed by atoms with Crippen molar-refractivity contribution >= 4 is 17.0 Å². The molecule has 0 bridgehead atoms. The van der Waals surface area contributed by atoms with E-state index >= 15 is 0 Å². The van der Waals surface area contributed by atoms with Crippen molar-refractivity contribution in [3.8, 4) is 23.0 Å². The summed E-state index contributed by atoms with van der Waals surface area (Å²) in [6, 6.07) is 12.6. The van der Waals surface area contributed by atoms with Crippen LogP contribution in [0.3, 0.4) is 0 Å². The Morgan fingerprint density at radius 2 is 2.07 bits per heavy atom. The van der Waals surface area contributed by atoms with E-state index in [1.54, 1.807) is 31.4 Å². The number of para-hydroxylation sites is 2. The van der Waals surface area contributed by atoms with Crippen LogP contribution in [0.25, 0.3) is 22.6 Å². The highest BCUT2D eigenvalue weighted by Crippen LogP contribution is 2.31.